The molecule has 0 spiro atoms. The summed E-state index contributed by atoms with van der Waals surface area (Å²) >= 11 is 0. The Morgan fingerprint density at radius 1 is 1.50 bits per heavy atom. The zero-order valence-electron chi connectivity index (χ0n) is 11.1. The maximum absolute atomic E-state index is 10.9. The fourth-order valence-electron chi connectivity index (χ4n) is 2.96. The van der Waals surface area contributed by atoms with Crippen LogP contribution in [-0.4, -0.2) is 23.7 Å². The molecule has 3 heteroatoms. The molecule has 1 fully saturated rings. The van der Waals surface area contributed by atoms with Gasteiger partial charge in [-0.3, -0.25) is 4.79 Å². The Morgan fingerprint density at radius 2 is 2.28 bits per heavy atom. The predicted octanol–water partition coefficient (Wildman–Crippen LogP) is 3.00. The number of benzene rings is 1. The van der Waals surface area contributed by atoms with Gasteiger partial charge in [0.25, 0.3) is 0 Å². The number of hydrogen-bond acceptors (Lipinski definition) is 2. The van der Waals surface area contributed by atoms with Crippen LogP contribution in [0.15, 0.2) is 18.2 Å². The van der Waals surface area contributed by atoms with E-state index in [9.17, 15) is 4.79 Å². The average molecular weight is 247 g/mol. The van der Waals surface area contributed by atoms with Crippen molar-refractivity contribution in [1.29, 1.82) is 0 Å². The number of hydrogen-bond donors (Lipinski definition) is 1. The number of nitrogens with zero attached hydrogens (tertiary/aromatic N) is 1. The molecule has 1 aromatic rings. The molecule has 1 aromatic carbocycles. The first-order valence-electron chi connectivity index (χ1n) is 6.70. The Labute approximate surface area is 108 Å². The molecule has 0 aliphatic carbocycles. The number of para-hydroxylation sites is 1. The van der Waals surface area contributed by atoms with Crippen LogP contribution in [-0.2, 0) is 11.2 Å². The van der Waals surface area contributed by atoms with Gasteiger partial charge in [-0.1, -0.05) is 25.1 Å². The number of aliphatic carboxylic acids is 1. The van der Waals surface area contributed by atoms with E-state index in [1.54, 1.807) is 0 Å². The van der Waals surface area contributed by atoms with Crippen molar-refractivity contribution in [3.05, 3.63) is 29.3 Å². The van der Waals surface area contributed by atoms with Crippen molar-refractivity contribution in [2.45, 2.75) is 45.6 Å². The van der Waals surface area contributed by atoms with Crippen LogP contribution >= 0.6 is 0 Å². The van der Waals surface area contributed by atoms with Gasteiger partial charge in [-0.25, -0.2) is 0 Å². The van der Waals surface area contributed by atoms with Gasteiger partial charge < -0.3 is 10.0 Å². The fourth-order valence-corrected chi connectivity index (χ4v) is 2.96. The fraction of sp³-hybridized carbons (Fsp3) is 0.533. The van der Waals surface area contributed by atoms with Crippen LogP contribution < -0.4 is 4.90 Å². The minimum atomic E-state index is -0.696. The Bertz CT molecular complexity index is 442. The van der Waals surface area contributed by atoms with Crippen molar-refractivity contribution in [3.63, 3.8) is 0 Å². The zero-order chi connectivity index (χ0) is 13.1. The first kappa shape index (κ1) is 12.9. The summed E-state index contributed by atoms with van der Waals surface area (Å²) in [5.41, 5.74) is 3.85. The lowest BCUT2D eigenvalue weighted by molar-refractivity contribution is -0.137. The summed E-state index contributed by atoms with van der Waals surface area (Å²) in [6.45, 7) is 5.25. The van der Waals surface area contributed by atoms with Crippen molar-refractivity contribution in [3.8, 4) is 0 Å². The normalized spacial score (nSPS) is 19.2. The quantitative estimate of drug-likeness (QED) is 0.889. The minimum absolute atomic E-state index is 0.161. The van der Waals surface area contributed by atoms with Crippen LogP contribution in [0.2, 0.25) is 0 Å². The van der Waals surface area contributed by atoms with E-state index in [-0.39, 0.29) is 12.5 Å². The molecule has 0 bridgehead atoms. The minimum Gasteiger partial charge on any atom is -0.481 e. The molecule has 98 valence electrons. The molecule has 1 aliphatic heterocycles. The first-order valence-corrected chi connectivity index (χ1v) is 6.70. The molecule has 1 aliphatic rings. The molecule has 3 nitrogen and oxygen atoms in total. The second kappa shape index (κ2) is 5.42. The lowest BCUT2D eigenvalue weighted by Crippen LogP contribution is -2.32. The van der Waals surface area contributed by atoms with E-state index in [4.69, 9.17) is 5.11 Å². The molecule has 0 saturated carbocycles. The van der Waals surface area contributed by atoms with Crippen LogP contribution in [0.4, 0.5) is 5.69 Å². The van der Waals surface area contributed by atoms with E-state index in [2.05, 4.69) is 36.9 Å². The third kappa shape index (κ3) is 2.50. The number of carboxylic acids is 1. The van der Waals surface area contributed by atoms with Gasteiger partial charge in [-0.2, -0.15) is 0 Å². The largest absolute Gasteiger partial charge is 0.481 e. The SMILES string of the molecule is CCc1cccc(C)c1N1CCCC1CC(=O)O. The third-order valence-electron chi connectivity index (χ3n) is 3.78. The van der Waals surface area contributed by atoms with E-state index in [0.29, 0.717) is 0 Å². The summed E-state index contributed by atoms with van der Waals surface area (Å²) < 4.78 is 0. The Morgan fingerprint density at radius 3 is 2.94 bits per heavy atom. The zero-order valence-corrected chi connectivity index (χ0v) is 11.1. The molecule has 1 saturated heterocycles. The second-order valence-electron chi connectivity index (χ2n) is 5.02. The van der Waals surface area contributed by atoms with Crippen LogP contribution in [0.25, 0.3) is 0 Å². The highest BCUT2D eigenvalue weighted by Crippen LogP contribution is 2.33. The summed E-state index contributed by atoms with van der Waals surface area (Å²) in [7, 11) is 0. The predicted molar refractivity (Wildman–Crippen MR) is 73.2 cm³/mol. The van der Waals surface area contributed by atoms with Gasteiger partial charge in [-0.15, -0.1) is 0 Å². The highest BCUT2D eigenvalue weighted by atomic mass is 16.4. The van der Waals surface area contributed by atoms with Crippen molar-refractivity contribution in [2.24, 2.45) is 0 Å². The summed E-state index contributed by atoms with van der Waals surface area (Å²) in [6, 6.07) is 6.51. The highest BCUT2D eigenvalue weighted by molar-refractivity contribution is 5.70. The number of anilines is 1. The van der Waals surface area contributed by atoms with E-state index in [0.717, 1.165) is 25.8 Å². The van der Waals surface area contributed by atoms with Crippen LogP contribution in [0.5, 0.6) is 0 Å². The summed E-state index contributed by atoms with van der Waals surface area (Å²) in [6.07, 6.45) is 3.32. The molecular weight excluding hydrogens is 226 g/mol. The summed E-state index contributed by atoms with van der Waals surface area (Å²) in [4.78, 5) is 13.3. The van der Waals surface area contributed by atoms with Crippen molar-refractivity contribution in [2.75, 3.05) is 11.4 Å². The van der Waals surface area contributed by atoms with Gasteiger partial charge in [0.1, 0.15) is 0 Å². The molecule has 1 heterocycles. The van der Waals surface area contributed by atoms with Crippen molar-refractivity contribution >= 4 is 11.7 Å². The maximum Gasteiger partial charge on any atom is 0.305 e. The van der Waals surface area contributed by atoms with Crippen molar-refractivity contribution < 1.29 is 9.90 Å². The van der Waals surface area contributed by atoms with E-state index < -0.39 is 5.97 Å². The van der Waals surface area contributed by atoms with Gasteiger partial charge >= 0.3 is 5.97 Å². The molecule has 0 radical (unpaired) electrons. The topological polar surface area (TPSA) is 40.5 Å². The highest BCUT2D eigenvalue weighted by Gasteiger charge is 2.28. The lowest BCUT2D eigenvalue weighted by atomic mass is 10.0. The van der Waals surface area contributed by atoms with Gasteiger partial charge in [0.2, 0.25) is 0 Å². The first-order chi connectivity index (χ1) is 8.63. The summed E-state index contributed by atoms with van der Waals surface area (Å²) in [5, 5.41) is 9.01. The molecular formula is C15H21NO2. The third-order valence-corrected chi connectivity index (χ3v) is 3.78. The second-order valence-corrected chi connectivity index (χ2v) is 5.02. The van der Waals surface area contributed by atoms with Crippen molar-refractivity contribution in [1.82, 2.24) is 0 Å². The number of aryl methyl sites for hydroxylation is 2. The molecule has 1 atom stereocenters. The van der Waals surface area contributed by atoms with Gasteiger partial charge in [0.15, 0.2) is 0 Å². The average Bonchev–Trinajstić information content (AvgIpc) is 2.75. The smallest absolute Gasteiger partial charge is 0.305 e. The Hall–Kier alpha value is -1.51. The van der Waals surface area contributed by atoms with Gasteiger partial charge in [0, 0.05) is 18.3 Å². The standard InChI is InChI=1S/C15H21NO2/c1-3-12-7-4-6-11(2)15(12)16-9-5-8-13(16)10-14(17)18/h4,6-7,13H,3,5,8-10H2,1-2H3,(H,17,18). The van der Waals surface area contributed by atoms with E-state index in [1.807, 2.05) is 0 Å². The van der Waals surface area contributed by atoms with Gasteiger partial charge in [0.05, 0.1) is 6.42 Å². The molecule has 2 rings (SSSR count). The molecule has 1 unspecified atom stereocenters. The molecule has 0 amide bonds. The monoisotopic (exact) mass is 247 g/mol. The maximum atomic E-state index is 10.9. The van der Waals surface area contributed by atoms with E-state index in [1.165, 1.54) is 16.8 Å². The summed E-state index contributed by atoms with van der Waals surface area (Å²) in [5.74, 6) is -0.696. The van der Waals surface area contributed by atoms with Crippen LogP contribution in [0, 0.1) is 6.92 Å². The Kier molecular flexibility index (Phi) is 3.90. The van der Waals surface area contributed by atoms with Crippen LogP contribution in [0.3, 0.4) is 0 Å². The number of carboxylic acid groups (broad SMARTS) is 1. The molecule has 18 heavy (non-hydrogen) atoms. The number of rotatable bonds is 4. The lowest BCUT2D eigenvalue weighted by Gasteiger charge is -2.29. The molecule has 0 aromatic heterocycles. The van der Waals surface area contributed by atoms with Crippen LogP contribution in [0.1, 0.15) is 37.3 Å². The Balaban J connectivity index is 2.32. The molecule has 1 N–H and O–H groups in total. The van der Waals surface area contributed by atoms with E-state index >= 15 is 0 Å². The van der Waals surface area contributed by atoms with Gasteiger partial charge in [-0.05, 0) is 37.3 Å². The number of carbonyl (C=O) groups is 1.